The number of phenolic OH excluding ortho intramolecular Hbond substituents is 1. The van der Waals surface area contributed by atoms with Crippen LogP contribution < -0.4 is 10.2 Å². The van der Waals surface area contributed by atoms with Crippen LogP contribution >= 0.6 is 0 Å². The van der Waals surface area contributed by atoms with Crippen molar-refractivity contribution in [2.45, 2.75) is 6.54 Å². The molecule has 11 heteroatoms. The first-order valence-corrected chi connectivity index (χ1v) is 8.30. The molecule has 0 unspecified atom stereocenters. The quantitative estimate of drug-likeness (QED) is 0.351. The van der Waals surface area contributed by atoms with Gasteiger partial charge in [-0.15, -0.1) is 0 Å². The lowest BCUT2D eigenvalue weighted by atomic mass is 10.1. The molecule has 0 aliphatic carbocycles. The van der Waals surface area contributed by atoms with Crippen molar-refractivity contribution in [2.75, 3.05) is 7.11 Å². The standard InChI is InChI=1S/C18H16N6O5/c1-29-16-7-6-12(8-13(16)10-23-11-19-18(22-23)24(27)28)9-20-21-17(26)14-4-2-3-5-15(14)25/h2-9,11,25H,10H2,1H3,(H,21,26)/b20-9+. The molecule has 2 N–H and O–H groups in total. The predicted molar refractivity (Wildman–Crippen MR) is 102 cm³/mol. The Labute approximate surface area is 164 Å². The molecule has 0 spiro atoms. The van der Waals surface area contributed by atoms with Gasteiger partial charge in [-0.3, -0.25) is 4.79 Å². The number of nitro groups is 1. The molecule has 148 valence electrons. The number of hydrogen-bond donors (Lipinski definition) is 2. The maximum absolute atomic E-state index is 12.0. The van der Waals surface area contributed by atoms with E-state index in [1.54, 1.807) is 30.3 Å². The Balaban J connectivity index is 1.73. The van der Waals surface area contributed by atoms with E-state index in [2.05, 4.69) is 20.6 Å². The summed E-state index contributed by atoms with van der Waals surface area (Å²) >= 11 is 0. The summed E-state index contributed by atoms with van der Waals surface area (Å²) in [5.41, 5.74) is 3.77. The van der Waals surface area contributed by atoms with Crippen LogP contribution in [0.15, 0.2) is 53.9 Å². The maximum Gasteiger partial charge on any atom is 0.490 e. The van der Waals surface area contributed by atoms with Crippen LogP contribution in [0.5, 0.6) is 11.5 Å². The van der Waals surface area contributed by atoms with Gasteiger partial charge in [-0.25, -0.2) is 5.43 Å². The fourth-order valence-corrected chi connectivity index (χ4v) is 2.51. The van der Waals surface area contributed by atoms with Crippen LogP contribution in [-0.2, 0) is 6.54 Å². The second kappa shape index (κ2) is 8.61. The van der Waals surface area contributed by atoms with Crippen molar-refractivity contribution in [1.29, 1.82) is 0 Å². The minimum absolute atomic E-state index is 0.104. The van der Waals surface area contributed by atoms with E-state index in [-0.39, 0.29) is 17.9 Å². The first-order valence-electron chi connectivity index (χ1n) is 8.30. The van der Waals surface area contributed by atoms with Gasteiger partial charge >= 0.3 is 5.95 Å². The Bertz CT molecular complexity index is 1080. The molecule has 29 heavy (non-hydrogen) atoms. The Kier molecular flexibility index (Phi) is 5.78. The molecule has 0 atom stereocenters. The Morgan fingerprint density at radius 1 is 1.38 bits per heavy atom. The van der Waals surface area contributed by atoms with Gasteiger partial charge in [-0.1, -0.05) is 17.1 Å². The molecule has 3 rings (SSSR count). The average molecular weight is 396 g/mol. The molecule has 2 aromatic carbocycles. The zero-order valence-electron chi connectivity index (χ0n) is 15.2. The van der Waals surface area contributed by atoms with Crippen molar-refractivity contribution >= 4 is 18.1 Å². The van der Waals surface area contributed by atoms with Gasteiger partial charge < -0.3 is 20.0 Å². The van der Waals surface area contributed by atoms with E-state index in [4.69, 9.17) is 4.74 Å². The summed E-state index contributed by atoms with van der Waals surface area (Å²) in [5.74, 6) is -0.635. The number of ether oxygens (including phenoxy) is 1. The number of para-hydroxylation sites is 1. The van der Waals surface area contributed by atoms with Gasteiger partial charge in [0.15, 0.2) is 0 Å². The number of nitrogens with one attached hydrogen (secondary N) is 1. The number of phenols is 1. The van der Waals surface area contributed by atoms with Crippen LogP contribution in [0.4, 0.5) is 5.95 Å². The molecule has 0 aliphatic heterocycles. The summed E-state index contributed by atoms with van der Waals surface area (Å²) in [6.07, 6.45) is 2.68. The number of aromatic nitrogens is 3. The minimum atomic E-state index is -0.677. The highest BCUT2D eigenvalue weighted by Gasteiger charge is 2.15. The molecule has 1 heterocycles. The highest BCUT2D eigenvalue weighted by Crippen LogP contribution is 2.20. The normalized spacial score (nSPS) is 10.8. The highest BCUT2D eigenvalue weighted by molar-refractivity contribution is 5.97. The summed E-state index contributed by atoms with van der Waals surface area (Å²) in [4.78, 5) is 25.7. The first kappa shape index (κ1) is 19.5. The van der Waals surface area contributed by atoms with Gasteiger partial charge in [0.2, 0.25) is 6.33 Å². The zero-order chi connectivity index (χ0) is 20.8. The van der Waals surface area contributed by atoms with Crippen molar-refractivity contribution in [3.8, 4) is 11.5 Å². The van der Waals surface area contributed by atoms with Crippen LogP contribution in [0.2, 0.25) is 0 Å². The summed E-state index contributed by atoms with van der Waals surface area (Å²) < 4.78 is 6.62. The molecule has 0 aliphatic rings. The van der Waals surface area contributed by atoms with E-state index in [9.17, 15) is 20.0 Å². The van der Waals surface area contributed by atoms with Gasteiger partial charge in [0, 0.05) is 10.7 Å². The van der Waals surface area contributed by atoms with Gasteiger partial charge in [-0.05, 0) is 40.8 Å². The smallest absolute Gasteiger partial charge is 0.490 e. The number of carbonyl (C=O) groups is 1. The average Bonchev–Trinajstić information content (AvgIpc) is 3.17. The van der Waals surface area contributed by atoms with Crippen molar-refractivity contribution in [2.24, 2.45) is 5.10 Å². The number of nitrogens with zero attached hydrogens (tertiary/aromatic N) is 5. The van der Waals surface area contributed by atoms with Gasteiger partial charge in [0.1, 0.15) is 11.5 Å². The van der Waals surface area contributed by atoms with E-state index in [0.29, 0.717) is 16.9 Å². The van der Waals surface area contributed by atoms with Crippen LogP contribution in [0, 0.1) is 10.1 Å². The summed E-state index contributed by atoms with van der Waals surface area (Å²) in [7, 11) is 1.50. The molecule has 3 aromatic rings. The van der Waals surface area contributed by atoms with Gasteiger partial charge in [0.25, 0.3) is 5.91 Å². The van der Waals surface area contributed by atoms with E-state index >= 15 is 0 Å². The molecule has 0 saturated heterocycles. The third-order valence-electron chi connectivity index (χ3n) is 3.85. The number of benzene rings is 2. The third kappa shape index (κ3) is 4.71. The summed E-state index contributed by atoms with van der Waals surface area (Å²) in [5, 5.41) is 28.1. The lowest BCUT2D eigenvalue weighted by Gasteiger charge is -2.08. The first-order chi connectivity index (χ1) is 14.0. The van der Waals surface area contributed by atoms with E-state index in [1.165, 1.54) is 36.5 Å². The predicted octanol–water partition coefficient (Wildman–Crippen LogP) is 1.71. The lowest BCUT2D eigenvalue weighted by Crippen LogP contribution is -2.17. The Morgan fingerprint density at radius 2 is 2.17 bits per heavy atom. The minimum Gasteiger partial charge on any atom is -0.507 e. The van der Waals surface area contributed by atoms with Crippen LogP contribution in [-0.4, -0.2) is 44.0 Å². The molecular weight excluding hydrogens is 380 g/mol. The molecule has 0 saturated carbocycles. The molecule has 0 bridgehead atoms. The van der Waals surface area contributed by atoms with Crippen molar-refractivity contribution in [3.63, 3.8) is 0 Å². The molecule has 11 nitrogen and oxygen atoms in total. The fraction of sp³-hybridized carbons (Fsp3) is 0.111. The van der Waals surface area contributed by atoms with Gasteiger partial charge in [0.05, 0.1) is 25.4 Å². The van der Waals surface area contributed by atoms with E-state index < -0.39 is 16.8 Å². The number of amides is 1. The molecule has 0 fully saturated rings. The van der Waals surface area contributed by atoms with Crippen LogP contribution in [0.1, 0.15) is 21.5 Å². The Hall–Kier alpha value is -4.28. The highest BCUT2D eigenvalue weighted by atomic mass is 16.6. The monoisotopic (exact) mass is 396 g/mol. The number of methoxy groups -OCH3 is 1. The largest absolute Gasteiger partial charge is 0.507 e. The summed E-state index contributed by atoms with van der Waals surface area (Å²) in [6, 6.07) is 11.3. The van der Waals surface area contributed by atoms with Crippen molar-refractivity contribution in [3.05, 3.63) is 75.6 Å². The Morgan fingerprint density at radius 3 is 2.86 bits per heavy atom. The maximum atomic E-state index is 12.0. The number of hydrazone groups is 1. The zero-order valence-corrected chi connectivity index (χ0v) is 15.2. The second-order valence-electron chi connectivity index (χ2n) is 5.79. The number of hydrogen-bond acceptors (Lipinski definition) is 8. The third-order valence-corrected chi connectivity index (χ3v) is 3.85. The molecule has 0 radical (unpaired) electrons. The number of rotatable bonds is 7. The van der Waals surface area contributed by atoms with Gasteiger partial charge in [-0.2, -0.15) is 9.78 Å². The number of aromatic hydroxyl groups is 1. The lowest BCUT2D eigenvalue weighted by molar-refractivity contribution is -0.394. The van der Waals surface area contributed by atoms with Crippen LogP contribution in [0.3, 0.4) is 0 Å². The van der Waals surface area contributed by atoms with E-state index in [0.717, 1.165) is 0 Å². The van der Waals surface area contributed by atoms with E-state index in [1.807, 2.05) is 0 Å². The van der Waals surface area contributed by atoms with Crippen LogP contribution in [0.25, 0.3) is 0 Å². The topological polar surface area (TPSA) is 145 Å². The molecule has 1 aromatic heterocycles. The molecular formula is C18H16N6O5. The van der Waals surface area contributed by atoms with Crippen molar-refractivity contribution < 1.29 is 19.6 Å². The molecule has 1 amide bonds. The second-order valence-corrected chi connectivity index (χ2v) is 5.79. The number of carbonyl (C=O) groups excluding carboxylic acids is 1. The summed E-state index contributed by atoms with van der Waals surface area (Å²) in [6.45, 7) is 0.190. The fourth-order valence-electron chi connectivity index (χ4n) is 2.51. The SMILES string of the molecule is COc1ccc(/C=N/NC(=O)c2ccccc2O)cc1Cn1cnc([N+](=O)[O-])n1. The van der Waals surface area contributed by atoms with Crippen molar-refractivity contribution in [1.82, 2.24) is 20.2 Å².